The highest BCUT2D eigenvalue weighted by Gasteiger charge is 2.35. The number of sulfonamides is 1. The summed E-state index contributed by atoms with van der Waals surface area (Å²) >= 11 is 3.51. The number of ether oxygens (including phenoxy) is 3. The Kier molecular flexibility index (Phi) is 14.1. The monoisotopic (exact) mass is 765 g/mol. The molecule has 1 N–H and O–H groups in total. The number of nitrogens with one attached hydrogen (secondary N) is 1. The van der Waals surface area contributed by atoms with E-state index in [1.807, 2.05) is 68.4 Å². The maximum atomic E-state index is 14.7. The van der Waals surface area contributed by atoms with Crippen molar-refractivity contribution in [2.75, 3.05) is 38.2 Å². The summed E-state index contributed by atoms with van der Waals surface area (Å²) in [5, 5.41) is 3.01. The van der Waals surface area contributed by atoms with Gasteiger partial charge in [-0.05, 0) is 73.0 Å². The Hall–Kier alpha value is -4.55. The molecule has 0 aliphatic rings. The zero-order valence-corrected chi connectivity index (χ0v) is 31.2. The topological polar surface area (TPSA) is 114 Å². The number of benzene rings is 4. The van der Waals surface area contributed by atoms with Crippen LogP contribution in [0.3, 0.4) is 0 Å². The van der Waals surface area contributed by atoms with Gasteiger partial charge in [0.2, 0.25) is 11.8 Å². The molecule has 4 aromatic carbocycles. The van der Waals surface area contributed by atoms with E-state index in [9.17, 15) is 18.0 Å². The lowest BCUT2D eigenvalue weighted by Gasteiger charge is -2.34. The Labute approximate surface area is 303 Å². The van der Waals surface area contributed by atoms with Crippen molar-refractivity contribution in [2.45, 2.75) is 50.6 Å². The average molecular weight is 767 g/mol. The normalized spacial score (nSPS) is 11.7. The third kappa shape index (κ3) is 10.0. The predicted octanol–water partition coefficient (Wildman–Crippen LogP) is 6.62. The van der Waals surface area contributed by atoms with Crippen LogP contribution in [-0.2, 0) is 32.6 Å². The number of rotatable bonds is 18. The Morgan fingerprint density at radius 1 is 0.840 bits per heavy atom. The van der Waals surface area contributed by atoms with Crippen LogP contribution in [-0.4, -0.2) is 65.1 Å². The van der Waals surface area contributed by atoms with Gasteiger partial charge in [-0.2, -0.15) is 0 Å². The molecule has 0 aliphatic carbocycles. The number of carbonyl (C=O) groups excluding carboxylic acids is 2. The molecule has 4 rings (SSSR count). The quantitative estimate of drug-likeness (QED) is 0.113. The van der Waals surface area contributed by atoms with Crippen molar-refractivity contribution in [1.29, 1.82) is 0 Å². The van der Waals surface area contributed by atoms with Crippen LogP contribution < -0.4 is 23.8 Å². The van der Waals surface area contributed by atoms with Gasteiger partial charge in [-0.15, -0.1) is 0 Å². The first-order chi connectivity index (χ1) is 24.1. The van der Waals surface area contributed by atoms with Crippen molar-refractivity contribution in [3.05, 3.63) is 113 Å². The van der Waals surface area contributed by atoms with Crippen molar-refractivity contribution in [2.24, 2.45) is 0 Å². The van der Waals surface area contributed by atoms with Gasteiger partial charge in [0, 0.05) is 30.0 Å². The number of hydrogen-bond acceptors (Lipinski definition) is 7. The van der Waals surface area contributed by atoms with Crippen LogP contribution >= 0.6 is 15.9 Å². The van der Waals surface area contributed by atoms with Crippen LogP contribution in [0, 0.1) is 0 Å². The first-order valence-electron chi connectivity index (χ1n) is 16.4. The lowest BCUT2D eigenvalue weighted by molar-refractivity contribution is -0.140. The van der Waals surface area contributed by atoms with Crippen molar-refractivity contribution < 1.29 is 32.2 Å². The van der Waals surface area contributed by atoms with Crippen LogP contribution in [0.1, 0.15) is 37.8 Å². The van der Waals surface area contributed by atoms with Crippen molar-refractivity contribution in [1.82, 2.24) is 10.2 Å². The molecule has 10 nitrogen and oxygen atoms in total. The van der Waals surface area contributed by atoms with Gasteiger partial charge in [-0.3, -0.25) is 13.9 Å². The largest absolute Gasteiger partial charge is 0.494 e. The van der Waals surface area contributed by atoms with Gasteiger partial charge in [0.25, 0.3) is 10.0 Å². The molecular weight excluding hydrogens is 722 g/mol. The molecule has 50 heavy (non-hydrogen) atoms. The molecule has 0 saturated carbocycles. The summed E-state index contributed by atoms with van der Waals surface area (Å²) in [7, 11) is -1.49. The number of halogens is 1. The Balaban J connectivity index is 1.82. The first-order valence-corrected chi connectivity index (χ1v) is 18.7. The second-order valence-corrected chi connectivity index (χ2v) is 14.2. The number of methoxy groups -OCH3 is 2. The highest BCUT2D eigenvalue weighted by Crippen LogP contribution is 2.33. The highest BCUT2D eigenvalue weighted by molar-refractivity contribution is 9.10. The standard InChI is InChI=1S/C38H44BrN3O7S/c1-5-7-22-40-38(44)34(24-28-12-9-8-10-13-28)41(26-29-14-11-15-30(39)23-29)37(43)27-42(31-16-18-32(19-17-31)49-6-2)50(45,46)33-20-21-35(47-3)36(25-33)48-4/h8-21,23,25,34H,5-7,22,24,26-27H2,1-4H3,(H,40,44)/t34-/m0/s1. The molecule has 2 amide bonds. The molecule has 0 bridgehead atoms. The minimum Gasteiger partial charge on any atom is -0.494 e. The minimum absolute atomic E-state index is 0.0600. The molecular formula is C38H44BrN3O7S. The van der Waals surface area contributed by atoms with E-state index in [1.165, 1.54) is 37.3 Å². The van der Waals surface area contributed by atoms with Gasteiger partial charge < -0.3 is 24.4 Å². The van der Waals surface area contributed by atoms with Gasteiger partial charge in [0.05, 0.1) is 31.4 Å². The minimum atomic E-state index is -4.37. The molecule has 0 spiro atoms. The number of unbranched alkanes of at least 4 members (excludes halogenated alkanes) is 1. The summed E-state index contributed by atoms with van der Waals surface area (Å²) in [6, 6.07) is 26.7. The predicted molar refractivity (Wildman–Crippen MR) is 198 cm³/mol. The number of nitrogens with zero attached hydrogens (tertiary/aromatic N) is 2. The summed E-state index contributed by atoms with van der Waals surface area (Å²) in [5.74, 6) is 0.243. The van der Waals surface area contributed by atoms with Gasteiger partial charge in [0.15, 0.2) is 11.5 Å². The van der Waals surface area contributed by atoms with Crippen LogP contribution in [0.25, 0.3) is 0 Å². The lowest BCUT2D eigenvalue weighted by atomic mass is 10.0. The smallest absolute Gasteiger partial charge is 0.264 e. The van der Waals surface area contributed by atoms with E-state index in [-0.39, 0.29) is 35.2 Å². The zero-order valence-electron chi connectivity index (χ0n) is 28.8. The highest BCUT2D eigenvalue weighted by atomic mass is 79.9. The molecule has 0 fully saturated rings. The molecule has 266 valence electrons. The molecule has 0 saturated heterocycles. The fourth-order valence-corrected chi connectivity index (χ4v) is 7.28. The average Bonchev–Trinajstić information content (AvgIpc) is 3.12. The van der Waals surface area contributed by atoms with Crippen molar-refractivity contribution in [3.8, 4) is 17.2 Å². The molecule has 4 aromatic rings. The van der Waals surface area contributed by atoms with E-state index in [0.29, 0.717) is 24.7 Å². The van der Waals surface area contributed by atoms with Crippen LogP contribution in [0.2, 0.25) is 0 Å². The van der Waals surface area contributed by atoms with E-state index in [4.69, 9.17) is 14.2 Å². The van der Waals surface area contributed by atoms with E-state index >= 15 is 0 Å². The Bertz CT molecular complexity index is 1820. The molecule has 0 heterocycles. The molecule has 0 radical (unpaired) electrons. The summed E-state index contributed by atoms with van der Waals surface area (Å²) in [6.07, 6.45) is 1.89. The maximum absolute atomic E-state index is 14.7. The third-order valence-electron chi connectivity index (χ3n) is 8.00. The summed E-state index contributed by atoms with van der Waals surface area (Å²) < 4.78 is 47.2. The molecule has 0 unspecified atom stereocenters. The fourth-order valence-electron chi connectivity index (χ4n) is 5.40. The second-order valence-electron chi connectivity index (χ2n) is 11.5. The van der Waals surface area contributed by atoms with E-state index in [0.717, 1.165) is 32.7 Å². The van der Waals surface area contributed by atoms with Crippen LogP contribution in [0.15, 0.2) is 106 Å². The van der Waals surface area contributed by atoms with Gasteiger partial charge >= 0.3 is 0 Å². The number of carbonyl (C=O) groups is 2. The SMILES string of the molecule is CCCCNC(=O)[C@H](Cc1ccccc1)N(Cc1cccc(Br)c1)C(=O)CN(c1ccc(OCC)cc1)S(=O)(=O)c1ccc(OC)c(OC)c1. The van der Waals surface area contributed by atoms with E-state index in [1.54, 1.807) is 24.3 Å². The van der Waals surface area contributed by atoms with Crippen LogP contribution in [0.5, 0.6) is 17.2 Å². The van der Waals surface area contributed by atoms with Crippen molar-refractivity contribution >= 4 is 43.5 Å². The molecule has 0 aliphatic heterocycles. The molecule has 1 atom stereocenters. The van der Waals surface area contributed by atoms with Gasteiger partial charge in [-0.25, -0.2) is 8.42 Å². The zero-order chi connectivity index (χ0) is 36.1. The van der Waals surface area contributed by atoms with Gasteiger partial charge in [0.1, 0.15) is 18.3 Å². The third-order valence-corrected chi connectivity index (χ3v) is 10.3. The molecule has 12 heteroatoms. The Morgan fingerprint density at radius 2 is 1.54 bits per heavy atom. The summed E-state index contributed by atoms with van der Waals surface area (Å²) in [5.41, 5.74) is 1.87. The fraction of sp³-hybridized carbons (Fsp3) is 0.316. The Morgan fingerprint density at radius 3 is 2.18 bits per heavy atom. The lowest BCUT2D eigenvalue weighted by Crippen LogP contribution is -2.53. The van der Waals surface area contributed by atoms with Crippen LogP contribution in [0.4, 0.5) is 5.69 Å². The number of anilines is 1. The number of hydrogen-bond donors (Lipinski definition) is 1. The summed E-state index contributed by atoms with van der Waals surface area (Å²) in [6.45, 7) is 4.23. The van der Waals surface area contributed by atoms with E-state index in [2.05, 4.69) is 21.2 Å². The van der Waals surface area contributed by atoms with Crippen molar-refractivity contribution in [3.63, 3.8) is 0 Å². The second kappa shape index (κ2) is 18.4. The van der Waals surface area contributed by atoms with Gasteiger partial charge in [-0.1, -0.05) is 71.7 Å². The number of amides is 2. The van der Waals surface area contributed by atoms with E-state index < -0.39 is 28.5 Å². The summed E-state index contributed by atoms with van der Waals surface area (Å²) in [4.78, 5) is 30.0. The first kappa shape index (κ1) is 38.3. The molecule has 0 aromatic heterocycles. The maximum Gasteiger partial charge on any atom is 0.264 e.